The fourth-order valence-corrected chi connectivity index (χ4v) is 2.26. The van der Waals surface area contributed by atoms with Gasteiger partial charge in [-0.1, -0.05) is 0 Å². The van der Waals surface area contributed by atoms with Crippen molar-refractivity contribution < 1.29 is 18.3 Å². The second-order valence-corrected chi connectivity index (χ2v) is 5.56. The van der Waals surface area contributed by atoms with Crippen molar-refractivity contribution in [2.45, 2.75) is 13.5 Å². The first-order chi connectivity index (χ1) is 12.5. The van der Waals surface area contributed by atoms with Crippen LogP contribution in [0.4, 0.5) is 14.5 Å². The Morgan fingerprint density at radius 1 is 1.15 bits per heavy atom. The summed E-state index contributed by atoms with van der Waals surface area (Å²) in [7, 11) is 0. The molecular weight excluding hydrogens is 340 g/mol. The molecule has 0 aliphatic rings. The van der Waals surface area contributed by atoms with E-state index in [1.165, 1.54) is 6.20 Å². The van der Waals surface area contributed by atoms with E-state index in [0.717, 1.165) is 17.7 Å². The number of benzene rings is 1. The van der Waals surface area contributed by atoms with Gasteiger partial charge >= 0.3 is 0 Å². The highest BCUT2D eigenvalue weighted by atomic mass is 19.1. The van der Waals surface area contributed by atoms with Crippen LogP contribution in [0.5, 0.6) is 5.88 Å². The van der Waals surface area contributed by atoms with Crippen LogP contribution >= 0.6 is 0 Å². The standard InChI is InChI=1S/C19H15F2N3O2/c1-12-8-18(26-11-13-4-6-22-7-5-13)23-10-15(12)19(25)24-17-3-2-14(20)9-16(17)21/h2-10H,11H2,1H3,(H,24,25). The summed E-state index contributed by atoms with van der Waals surface area (Å²) in [6, 6.07) is 8.21. The summed E-state index contributed by atoms with van der Waals surface area (Å²) < 4.78 is 32.2. The molecule has 1 N–H and O–H groups in total. The van der Waals surface area contributed by atoms with E-state index < -0.39 is 17.5 Å². The van der Waals surface area contributed by atoms with Crippen LogP contribution in [0, 0.1) is 18.6 Å². The monoisotopic (exact) mass is 355 g/mol. The summed E-state index contributed by atoms with van der Waals surface area (Å²) in [6.45, 7) is 2.04. The van der Waals surface area contributed by atoms with Crippen molar-refractivity contribution in [1.29, 1.82) is 0 Å². The van der Waals surface area contributed by atoms with Crippen molar-refractivity contribution in [1.82, 2.24) is 9.97 Å². The zero-order chi connectivity index (χ0) is 18.5. The van der Waals surface area contributed by atoms with Crippen molar-refractivity contribution in [3.8, 4) is 5.88 Å². The summed E-state index contributed by atoms with van der Waals surface area (Å²) in [5.74, 6) is -1.74. The van der Waals surface area contributed by atoms with Gasteiger partial charge < -0.3 is 10.1 Å². The lowest BCUT2D eigenvalue weighted by Crippen LogP contribution is -2.15. The van der Waals surface area contributed by atoms with E-state index in [2.05, 4.69) is 15.3 Å². The SMILES string of the molecule is Cc1cc(OCc2ccncc2)ncc1C(=O)Nc1ccc(F)cc1F. The van der Waals surface area contributed by atoms with Crippen LogP contribution in [0.15, 0.2) is 55.0 Å². The third-order valence-electron chi connectivity index (χ3n) is 3.65. The number of nitrogens with zero attached hydrogens (tertiary/aromatic N) is 2. The van der Waals surface area contributed by atoms with E-state index in [0.29, 0.717) is 24.1 Å². The molecule has 7 heteroatoms. The maximum atomic E-state index is 13.7. The quantitative estimate of drug-likeness (QED) is 0.754. The average Bonchev–Trinajstić information content (AvgIpc) is 2.63. The highest BCUT2D eigenvalue weighted by Gasteiger charge is 2.14. The molecule has 0 aliphatic carbocycles. The third kappa shape index (κ3) is 4.18. The van der Waals surface area contributed by atoms with E-state index >= 15 is 0 Å². The maximum Gasteiger partial charge on any atom is 0.257 e. The van der Waals surface area contributed by atoms with E-state index in [9.17, 15) is 13.6 Å². The van der Waals surface area contributed by atoms with Crippen molar-refractivity contribution >= 4 is 11.6 Å². The minimum Gasteiger partial charge on any atom is -0.473 e. The molecule has 0 saturated heterocycles. The van der Waals surface area contributed by atoms with Crippen molar-refractivity contribution in [3.63, 3.8) is 0 Å². The molecular formula is C19H15F2N3O2. The maximum absolute atomic E-state index is 13.7. The van der Waals surface area contributed by atoms with Crippen molar-refractivity contribution in [3.05, 3.63) is 83.3 Å². The number of carbonyl (C=O) groups excluding carboxylic acids is 1. The summed E-state index contributed by atoms with van der Waals surface area (Å²) >= 11 is 0. The smallest absolute Gasteiger partial charge is 0.257 e. The summed E-state index contributed by atoms with van der Waals surface area (Å²) in [6.07, 6.45) is 4.69. The lowest BCUT2D eigenvalue weighted by molar-refractivity contribution is 0.102. The summed E-state index contributed by atoms with van der Waals surface area (Å²) in [5.41, 5.74) is 1.72. The molecule has 0 fully saturated rings. The number of hydrogen-bond acceptors (Lipinski definition) is 4. The first-order valence-corrected chi connectivity index (χ1v) is 7.77. The van der Waals surface area contributed by atoms with Gasteiger partial charge in [-0.05, 0) is 42.3 Å². The molecule has 0 atom stereocenters. The van der Waals surface area contributed by atoms with Crippen LogP contribution in [0.2, 0.25) is 0 Å². The molecule has 5 nitrogen and oxygen atoms in total. The van der Waals surface area contributed by atoms with Crippen LogP contribution in [0.1, 0.15) is 21.5 Å². The molecule has 3 rings (SSSR count). The van der Waals surface area contributed by atoms with Crippen LogP contribution in [-0.2, 0) is 6.61 Å². The lowest BCUT2D eigenvalue weighted by Gasteiger charge is -2.10. The molecule has 0 unspecified atom stereocenters. The van der Waals surface area contributed by atoms with Gasteiger partial charge in [0.2, 0.25) is 5.88 Å². The molecule has 2 heterocycles. The molecule has 1 amide bonds. The number of carbonyl (C=O) groups is 1. The minimum absolute atomic E-state index is 0.103. The van der Waals surface area contributed by atoms with Crippen molar-refractivity contribution in [2.75, 3.05) is 5.32 Å². The first kappa shape index (κ1) is 17.5. The van der Waals surface area contributed by atoms with Crippen molar-refractivity contribution in [2.24, 2.45) is 0 Å². The van der Waals surface area contributed by atoms with E-state index in [4.69, 9.17) is 4.74 Å². The molecule has 0 saturated carbocycles. The highest BCUT2D eigenvalue weighted by Crippen LogP contribution is 2.19. The zero-order valence-electron chi connectivity index (χ0n) is 13.9. The number of aryl methyl sites for hydroxylation is 1. The number of pyridine rings is 2. The van der Waals surface area contributed by atoms with Gasteiger partial charge in [-0.3, -0.25) is 9.78 Å². The highest BCUT2D eigenvalue weighted by molar-refractivity contribution is 6.05. The summed E-state index contributed by atoms with van der Waals surface area (Å²) in [4.78, 5) is 20.3. The van der Waals surface area contributed by atoms with E-state index in [1.54, 1.807) is 25.4 Å². The third-order valence-corrected chi connectivity index (χ3v) is 3.65. The number of anilines is 1. The second-order valence-electron chi connectivity index (χ2n) is 5.56. The Labute approximate surface area is 148 Å². The van der Waals surface area contributed by atoms with Crippen LogP contribution in [0.3, 0.4) is 0 Å². The molecule has 0 aliphatic heterocycles. The number of rotatable bonds is 5. The van der Waals surface area contributed by atoms with Crippen LogP contribution in [0.25, 0.3) is 0 Å². The van der Waals surface area contributed by atoms with Gasteiger partial charge in [-0.15, -0.1) is 0 Å². The molecule has 1 aromatic carbocycles. The molecule has 0 spiro atoms. The summed E-state index contributed by atoms with van der Waals surface area (Å²) in [5, 5.41) is 2.40. The van der Waals surface area contributed by atoms with Gasteiger partial charge in [-0.25, -0.2) is 13.8 Å². The number of halogens is 2. The molecule has 0 bridgehead atoms. The molecule has 2 aromatic heterocycles. The Hall–Kier alpha value is -3.35. The van der Waals surface area contributed by atoms with Crippen LogP contribution in [-0.4, -0.2) is 15.9 Å². The molecule has 26 heavy (non-hydrogen) atoms. The number of ether oxygens (including phenoxy) is 1. The number of aromatic nitrogens is 2. The predicted molar refractivity (Wildman–Crippen MR) is 91.9 cm³/mol. The van der Waals surface area contributed by atoms with Gasteiger partial charge in [0, 0.05) is 30.7 Å². The van der Waals surface area contributed by atoms with Gasteiger partial charge in [0.1, 0.15) is 18.2 Å². The Morgan fingerprint density at radius 2 is 1.92 bits per heavy atom. The van der Waals surface area contributed by atoms with Gasteiger partial charge in [0.25, 0.3) is 5.91 Å². The van der Waals surface area contributed by atoms with Gasteiger partial charge in [-0.2, -0.15) is 0 Å². The Kier molecular flexibility index (Phi) is 5.17. The van der Waals surface area contributed by atoms with Gasteiger partial charge in [0.15, 0.2) is 0 Å². The zero-order valence-corrected chi connectivity index (χ0v) is 13.9. The molecule has 132 valence electrons. The number of hydrogen-bond donors (Lipinski definition) is 1. The largest absolute Gasteiger partial charge is 0.473 e. The lowest BCUT2D eigenvalue weighted by atomic mass is 10.1. The molecule has 3 aromatic rings. The Balaban J connectivity index is 1.69. The Bertz CT molecular complexity index is 933. The second kappa shape index (κ2) is 7.69. The number of nitrogens with one attached hydrogen (secondary N) is 1. The van der Waals surface area contributed by atoms with Gasteiger partial charge in [0.05, 0.1) is 11.3 Å². The fourth-order valence-electron chi connectivity index (χ4n) is 2.26. The van der Waals surface area contributed by atoms with Crippen LogP contribution < -0.4 is 10.1 Å². The first-order valence-electron chi connectivity index (χ1n) is 7.77. The van der Waals surface area contributed by atoms with E-state index in [1.807, 2.05) is 12.1 Å². The topological polar surface area (TPSA) is 64.1 Å². The Morgan fingerprint density at radius 3 is 2.62 bits per heavy atom. The number of amides is 1. The van der Waals surface area contributed by atoms with E-state index in [-0.39, 0.29) is 11.3 Å². The normalized spacial score (nSPS) is 10.4. The predicted octanol–water partition coefficient (Wildman–Crippen LogP) is 3.89. The minimum atomic E-state index is -0.846. The fraction of sp³-hybridized carbons (Fsp3) is 0.105. The average molecular weight is 355 g/mol. The molecule has 0 radical (unpaired) electrons.